The summed E-state index contributed by atoms with van der Waals surface area (Å²) in [5.74, 6) is 0. The lowest BCUT2D eigenvalue weighted by Crippen LogP contribution is -2.32. The molecule has 0 saturated carbocycles. The molecular formula is C20H21N3O2. The number of hydrogen-bond donors (Lipinski definition) is 3. The van der Waals surface area contributed by atoms with Crippen LogP contribution in [0.15, 0.2) is 67.0 Å². The summed E-state index contributed by atoms with van der Waals surface area (Å²) in [5, 5.41) is 17.0. The van der Waals surface area contributed by atoms with Crippen LogP contribution in [0.3, 0.4) is 0 Å². The Hall–Kier alpha value is -2.92. The summed E-state index contributed by atoms with van der Waals surface area (Å²) in [4.78, 5) is 16.6. The number of carbonyl (C=O) groups is 1. The Morgan fingerprint density at radius 1 is 1.08 bits per heavy atom. The number of pyridine rings is 1. The molecule has 1 atom stereocenters. The highest BCUT2D eigenvalue weighted by Crippen LogP contribution is 2.23. The number of anilines is 1. The summed E-state index contributed by atoms with van der Waals surface area (Å²) < 4.78 is 0. The van der Waals surface area contributed by atoms with Crippen LogP contribution < -0.4 is 10.6 Å². The quantitative estimate of drug-likeness (QED) is 0.640. The molecule has 3 N–H and O–H groups in total. The van der Waals surface area contributed by atoms with E-state index in [4.69, 9.17) is 5.11 Å². The lowest BCUT2D eigenvalue weighted by molar-refractivity contribution is 0.244. The van der Waals surface area contributed by atoms with Crippen LogP contribution in [0, 0.1) is 0 Å². The Labute approximate surface area is 146 Å². The number of benzene rings is 2. The summed E-state index contributed by atoms with van der Waals surface area (Å²) in [6, 6.07) is 17.0. The molecule has 0 aliphatic carbocycles. The van der Waals surface area contributed by atoms with Crippen LogP contribution in [-0.4, -0.2) is 22.7 Å². The molecule has 0 spiro atoms. The zero-order valence-corrected chi connectivity index (χ0v) is 13.9. The second kappa shape index (κ2) is 8.26. The third-order valence-electron chi connectivity index (χ3n) is 4.09. The van der Waals surface area contributed by atoms with E-state index >= 15 is 0 Å². The maximum absolute atomic E-state index is 12.5. The van der Waals surface area contributed by atoms with Crippen molar-refractivity contribution < 1.29 is 9.90 Å². The van der Waals surface area contributed by atoms with Crippen LogP contribution in [0.4, 0.5) is 10.5 Å². The zero-order chi connectivity index (χ0) is 17.5. The minimum Gasteiger partial charge on any atom is -0.396 e. The van der Waals surface area contributed by atoms with Crippen molar-refractivity contribution in [3.8, 4) is 0 Å². The van der Waals surface area contributed by atoms with Gasteiger partial charge in [0.25, 0.3) is 0 Å². The number of carbonyl (C=O) groups excluding carboxylic acids is 1. The third-order valence-corrected chi connectivity index (χ3v) is 4.09. The maximum Gasteiger partial charge on any atom is 0.319 e. The maximum atomic E-state index is 12.5. The molecule has 0 bridgehead atoms. The number of hydrogen-bond acceptors (Lipinski definition) is 3. The molecule has 2 amide bonds. The largest absolute Gasteiger partial charge is 0.396 e. The number of aromatic nitrogens is 1. The Kier molecular flexibility index (Phi) is 5.59. The van der Waals surface area contributed by atoms with Gasteiger partial charge in [0.2, 0.25) is 0 Å². The van der Waals surface area contributed by atoms with Crippen molar-refractivity contribution in [2.24, 2.45) is 0 Å². The van der Waals surface area contributed by atoms with E-state index in [0.29, 0.717) is 12.8 Å². The van der Waals surface area contributed by atoms with E-state index in [2.05, 4.69) is 15.6 Å². The monoisotopic (exact) mass is 335 g/mol. The molecule has 0 aliphatic rings. The molecule has 0 unspecified atom stereocenters. The Morgan fingerprint density at radius 3 is 2.72 bits per heavy atom. The first kappa shape index (κ1) is 16.9. The molecule has 5 heteroatoms. The Morgan fingerprint density at radius 2 is 1.92 bits per heavy atom. The van der Waals surface area contributed by atoms with Crippen molar-refractivity contribution in [2.75, 3.05) is 11.9 Å². The molecule has 0 aliphatic heterocycles. The highest BCUT2D eigenvalue weighted by molar-refractivity contribution is 6.01. The predicted octanol–water partition coefficient (Wildman–Crippen LogP) is 3.87. The molecule has 3 aromatic rings. The highest BCUT2D eigenvalue weighted by Gasteiger charge is 2.14. The highest BCUT2D eigenvalue weighted by atomic mass is 16.3. The third kappa shape index (κ3) is 4.33. The molecule has 5 nitrogen and oxygen atoms in total. The van der Waals surface area contributed by atoms with Gasteiger partial charge < -0.3 is 15.7 Å². The lowest BCUT2D eigenvalue weighted by Gasteiger charge is -2.19. The lowest BCUT2D eigenvalue weighted by atomic mass is 10.0. The molecule has 0 radical (unpaired) electrons. The molecule has 128 valence electrons. The number of amides is 2. The molecule has 0 fully saturated rings. The van der Waals surface area contributed by atoms with Crippen LogP contribution in [0.5, 0.6) is 0 Å². The van der Waals surface area contributed by atoms with Crippen molar-refractivity contribution in [3.63, 3.8) is 0 Å². The van der Waals surface area contributed by atoms with Gasteiger partial charge in [0.05, 0.1) is 11.7 Å². The van der Waals surface area contributed by atoms with E-state index in [9.17, 15) is 4.79 Å². The van der Waals surface area contributed by atoms with E-state index in [1.165, 1.54) is 0 Å². The SMILES string of the molecule is O=C(Nc1cccc2cnccc12)N[C@@H](CCCO)c1ccccc1. The normalized spacial score (nSPS) is 11.9. The fraction of sp³-hybridized carbons (Fsp3) is 0.200. The second-order valence-electron chi connectivity index (χ2n) is 5.83. The van der Waals surface area contributed by atoms with E-state index in [0.717, 1.165) is 22.0 Å². The van der Waals surface area contributed by atoms with Gasteiger partial charge in [0, 0.05) is 29.8 Å². The molecule has 2 aromatic carbocycles. The fourth-order valence-electron chi connectivity index (χ4n) is 2.85. The van der Waals surface area contributed by atoms with Crippen molar-refractivity contribution in [1.82, 2.24) is 10.3 Å². The zero-order valence-electron chi connectivity index (χ0n) is 13.9. The van der Waals surface area contributed by atoms with Crippen LogP contribution in [0.25, 0.3) is 10.8 Å². The van der Waals surface area contributed by atoms with Crippen LogP contribution in [0.2, 0.25) is 0 Å². The van der Waals surface area contributed by atoms with E-state index in [1.54, 1.807) is 12.4 Å². The number of nitrogens with one attached hydrogen (secondary N) is 2. The van der Waals surface area contributed by atoms with Gasteiger partial charge in [-0.1, -0.05) is 42.5 Å². The fourth-order valence-corrected chi connectivity index (χ4v) is 2.85. The van der Waals surface area contributed by atoms with Crippen molar-refractivity contribution in [1.29, 1.82) is 0 Å². The van der Waals surface area contributed by atoms with Gasteiger partial charge in [-0.05, 0) is 30.5 Å². The average Bonchev–Trinajstić information content (AvgIpc) is 2.66. The summed E-state index contributed by atoms with van der Waals surface area (Å²) in [5.41, 5.74) is 1.76. The van der Waals surface area contributed by atoms with Gasteiger partial charge in [-0.3, -0.25) is 4.98 Å². The van der Waals surface area contributed by atoms with Crippen molar-refractivity contribution in [2.45, 2.75) is 18.9 Å². The van der Waals surface area contributed by atoms with E-state index in [1.807, 2.05) is 54.6 Å². The van der Waals surface area contributed by atoms with Crippen LogP contribution in [0.1, 0.15) is 24.4 Å². The minimum atomic E-state index is -0.267. The van der Waals surface area contributed by atoms with E-state index < -0.39 is 0 Å². The summed E-state index contributed by atoms with van der Waals surface area (Å²) in [6.45, 7) is 0.100. The molecular weight excluding hydrogens is 314 g/mol. The van der Waals surface area contributed by atoms with Gasteiger partial charge in [-0.25, -0.2) is 4.79 Å². The first-order valence-corrected chi connectivity index (χ1v) is 8.34. The number of nitrogens with zero attached hydrogens (tertiary/aromatic N) is 1. The number of fused-ring (bicyclic) bond motifs is 1. The van der Waals surface area contributed by atoms with Crippen LogP contribution >= 0.6 is 0 Å². The first-order chi connectivity index (χ1) is 12.3. The Bertz CT molecular complexity index is 831. The van der Waals surface area contributed by atoms with Crippen molar-refractivity contribution >= 4 is 22.5 Å². The second-order valence-corrected chi connectivity index (χ2v) is 5.83. The molecule has 1 aromatic heterocycles. The van der Waals surface area contributed by atoms with Crippen molar-refractivity contribution in [3.05, 3.63) is 72.6 Å². The smallest absolute Gasteiger partial charge is 0.319 e. The predicted molar refractivity (Wildman–Crippen MR) is 99.4 cm³/mol. The number of aliphatic hydroxyl groups is 1. The van der Waals surface area contributed by atoms with Crippen LogP contribution in [-0.2, 0) is 0 Å². The first-order valence-electron chi connectivity index (χ1n) is 8.34. The van der Waals surface area contributed by atoms with Gasteiger partial charge in [0.1, 0.15) is 0 Å². The molecule has 25 heavy (non-hydrogen) atoms. The standard InChI is InChI=1S/C20H21N3O2/c24-13-5-10-18(15-6-2-1-3-7-15)22-20(25)23-19-9-4-8-16-14-21-12-11-17(16)19/h1-4,6-9,11-12,14,18,24H,5,10,13H2,(H2,22,23,25)/t18-/m0/s1. The van der Waals surface area contributed by atoms with Gasteiger partial charge in [0.15, 0.2) is 0 Å². The Balaban J connectivity index is 1.75. The number of urea groups is 1. The van der Waals surface area contributed by atoms with Gasteiger partial charge in [-0.2, -0.15) is 0 Å². The molecule has 1 heterocycles. The summed E-state index contributed by atoms with van der Waals surface area (Å²) in [6.07, 6.45) is 4.78. The topological polar surface area (TPSA) is 74.2 Å². The average molecular weight is 335 g/mol. The van der Waals surface area contributed by atoms with E-state index in [-0.39, 0.29) is 18.7 Å². The number of aliphatic hydroxyl groups excluding tert-OH is 1. The molecule has 0 saturated heterocycles. The van der Waals surface area contributed by atoms with Gasteiger partial charge in [-0.15, -0.1) is 0 Å². The minimum absolute atomic E-state index is 0.100. The summed E-state index contributed by atoms with van der Waals surface area (Å²) in [7, 11) is 0. The van der Waals surface area contributed by atoms with Gasteiger partial charge >= 0.3 is 6.03 Å². The summed E-state index contributed by atoms with van der Waals surface area (Å²) >= 11 is 0. The number of rotatable bonds is 6. The molecule has 3 rings (SSSR count).